The van der Waals surface area contributed by atoms with Crippen LogP contribution in [-0.4, -0.2) is 14.5 Å². The summed E-state index contributed by atoms with van der Waals surface area (Å²) in [5.74, 6) is 0.108. The number of phenolic OH excluding ortho intramolecular Hbond substituents is 1. The third-order valence-corrected chi connectivity index (χ3v) is 7.94. The normalized spacial score (nSPS) is 14.5. The van der Waals surface area contributed by atoms with Crippen LogP contribution in [0.15, 0.2) is 56.5 Å². The predicted molar refractivity (Wildman–Crippen MR) is 132 cm³/mol. The summed E-state index contributed by atoms with van der Waals surface area (Å²) >= 11 is 4.99. The van der Waals surface area contributed by atoms with Gasteiger partial charge in [0.2, 0.25) is 0 Å². The molecule has 1 aliphatic carbocycles. The highest BCUT2D eigenvalue weighted by Crippen LogP contribution is 2.34. The molecule has 2 aromatic carbocycles. The average Bonchev–Trinajstić information content (AvgIpc) is 3.19. The average molecular weight is 505 g/mol. The second-order valence-electron chi connectivity index (χ2n) is 8.08. The van der Waals surface area contributed by atoms with Crippen molar-refractivity contribution in [1.29, 1.82) is 0 Å². The van der Waals surface area contributed by atoms with Crippen LogP contribution in [0.3, 0.4) is 0 Å². The van der Waals surface area contributed by atoms with Gasteiger partial charge in [-0.1, -0.05) is 34.1 Å². The summed E-state index contributed by atoms with van der Waals surface area (Å²) in [6.07, 6.45) is 5.72. The molecule has 1 N–H and O–H groups in total. The molecule has 0 aliphatic heterocycles. The Labute approximate surface area is 194 Å². The number of benzene rings is 2. The van der Waals surface area contributed by atoms with E-state index in [0.717, 1.165) is 35.7 Å². The van der Waals surface area contributed by atoms with E-state index < -0.39 is 0 Å². The number of aromatic nitrogens is 2. The van der Waals surface area contributed by atoms with E-state index in [0.29, 0.717) is 37.4 Å². The molecule has 0 atom stereocenters. The van der Waals surface area contributed by atoms with Crippen LogP contribution < -0.4 is 16.3 Å². The zero-order valence-corrected chi connectivity index (χ0v) is 19.3. The molecule has 7 heteroatoms. The molecular formula is C25H17BrN2O3S. The van der Waals surface area contributed by atoms with Crippen LogP contribution in [0.5, 0.6) is 5.75 Å². The summed E-state index contributed by atoms with van der Waals surface area (Å²) in [6, 6.07) is 12.5. The number of nitrogens with zero attached hydrogens (tertiary/aromatic N) is 2. The smallest absolute Gasteiger partial charge is 0.282 e. The Morgan fingerprint density at radius 1 is 1.06 bits per heavy atom. The van der Waals surface area contributed by atoms with Crippen LogP contribution in [0, 0.1) is 0 Å². The second-order valence-corrected chi connectivity index (χ2v) is 10.1. The molecule has 3 aromatic heterocycles. The van der Waals surface area contributed by atoms with Gasteiger partial charge in [-0.2, -0.15) is 4.98 Å². The van der Waals surface area contributed by atoms with Crippen LogP contribution in [0.2, 0.25) is 0 Å². The Morgan fingerprint density at radius 2 is 1.84 bits per heavy atom. The van der Waals surface area contributed by atoms with Crippen molar-refractivity contribution in [3.63, 3.8) is 0 Å². The van der Waals surface area contributed by atoms with Gasteiger partial charge in [0.25, 0.3) is 11.1 Å². The van der Waals surface area contributed by atoms with E-state index in [1.807, 2.05) is 18.2 Å². The van der Waals surface area contributed by atoms with Crippen molar-refractivity contribution in [3.8, 4) is 5.75 Å². The van der Waals surface area contributed by atoms with Gasteiger partial charge in [-0.25, -0.2) is 4.40 Å². The van der Waals surface area contributed by atoms with Crippen LogP contribution in [0.4, 0.5) is 0 Å². The maximum Gasteiger partial charge on any atom is 0.282 e. The van der Waals surface area contributed by atoms with Gasteiger partial charge in [0.1, 0.15) is 10.6 Å². The summed E-state index contributed by atoms with van der Waals surface area (Å²) < 4.78 is 2.41. The SMILES string of the molecule is O=c1nc2c(=Cc3cc(Br)ccc3O)c3ccccc3c(=O)n2c2sc3c(c12)CCCC3. The van der Waals surface area contributed by atoms with Crippen molar-refractivity contribution in [2.24, 2.45) is 0 Å². The summed E-state index contributed by atoms with van der Waals surface area (Å²) in [4.78, 5) is 33.1. The van der Waals surface area contributed by atoms with Gasteiger partial charge >= 0.3 is 0 Å². The van der Waals surface area contributed by atoms with Crippen LogP contribution >= 0.6 is 27.3 Å². The number of aryl methyl sites for hydroxylation is 2. The molecule has 0 fully saturated rings. The predicted octanol–water partition coefficient (Wildman–Crippen LogP) is 4.32. The van der Waals surface area contributed by atoms with Gasteiger partial charge in [-0.15, -0.1) is 11.3 Å². The lowest BCUT2D eigenvalue weighted by Gasteiger charge is -2.10. The fraction of sp³-hybridized carbons (Fsp3) is 0.160. The van der Waals surface area contributed by atoms with E-state index in [4.69, 9.17) is 0 Å². The highest BCUT2D eigenvalue weighted by Gasteiger charge is 2.22. The zero-order valence-electron chi connectivity index (χ0n) is 16.9. The van der Waals surface area contributed by atoms with E-state index in [2.05, 4.69) is 20.9 Å². The number of fused-ring (bicyclic) bond motifs is 6. The molecule has 0 radical (unpaired) electrons. The van der Waals surface area contributed by atoms with Crippen LogP contribution in [0.25, 0.3) is 32.7 Å². The fourth-order valence-electron chi connectivity index (χ4n) is 4.68. The molecule has 0 spiro atoms. The highest BCUT2D eigenvalue weighted by molar-refractivity contribution is 9.10. The monoisotopic (exact) mass is 504 g/mol. The van der Waals surface area contributed by atoms with E-state index in [1.165, 1.54) is 16.2 Å². The Kier molecular flexibility index (Phi) is 4.45. The Hall–Kier alpha value is -3.03. The number of hydrogen-bond acceptors (Lipinski definition) is 5. The summed E-state index contributed by atoms with van der Waals surface area (Å²) in [6.45, 7) is 0. The maximum atomic E-state index is 13.6. The number of phenols is 1. The van der Waals surface area contributed by atoms with E-state index in [1.54, 1.807) is 34.7 Å². The third kappa shape index (κ3) is 2.84. The van der Waals surface area contributed by atoms with Crippen molar-refractivity contribution >= 4 is 60.0 Å². The second kappa shape index (κ2) is 7.25. The summed E-state index contributed by atoms with van der Waals surface area (Å²) in [5, 5.41) is 12.9. The standard InChI is InChI=1S/C25H17BrN2O3S/c26-14-9-10-19(29)13(11-14)12-18-15-5-1-2-6-16(15)24(31)28-22(18)27-23(30)21-17-7-3-4-8-20(17)32-25(21)28/h1-2,5-6,9-12,29H,3-4,7-8H2. The maximum absolute atomic E-state index is 13.6. The lowest BCUT2D eigenvalue weighted by molar-refractivity contribution is 0.474. The first kappa shape index (κ1) is 19.6. The number of rotatable bonds is 1. The molecular weight excluding hydrogens is 488 g/mol. The number of hydrogen-bond donors (Lipinski definition) is 1. The molecule has 3 heterocycles. The first-order chi connectivity index (χ1) is 15.5. The zero-order chi connectivity index (χ0) is 22.0. The van der Waals surface area contributed by atoms with E-state index in [9.17, 15) is 14.7 Å². The fourth-order valence-corrected chi connectivity index (χ4v) is 6.44. The number of pyridine rings is 1. The minimum absolute atomic E-state index is 0.108. The summed E-state index contributed by atoms with van der Waals surface area (Å²) in [7, 11) is 0. The Bertz CT molecular complexity index is 1750. The molecule has 0 unspecified atom stereocenters. The lowest BCUT2D eigenvalue weighted by atomic mass is 9.97. The molecule has 5 aromatic rings. The quantitative estimate of drug-likeness (QED) is 0.345. The first-order valence-electron chi connectivity index (χ1n) is 10.4. The van der Waals surface area contributed by atoms with Gasteiger partial charge in [-0.3, -0.25) is 9.59 Å². The van der Waals surface area contributed by atoms with Crippen LogP contribution in [0.1, 0.15) is 28.8 Å². The number of halogens is 1. The lowest BCUT2D eigenvalue weighted by Crippen LogP contribution is -2.27. The van der Waals surface area contributed by atoms with Crippen molar-refractivity contribution in [3.05, 3.63) is 88.9 Å². The molecule has 1 aliphatic rings. The van der Waals surface area contributed by atoms with Gasteiger partial charge in [0, 0.05) is 25.5 Å². The van der Waals surface area contributed by atoms with Crippen molar-refractivity contribution in [2.75, 3.05) is 0 Å². The number of thiophene rings is 1. The van der Waals surface area contributed by atoms with Gasteiger partial charge in [0.15, 0.2) is 5.65 Å². The molecule has 0 amide bonds. The van der Waals surface area contributed by atoms with Gasteiger partial charge in [0.05, 0.1) is 5.39 Å². The first-order valence-corrected chi connectivity index (χ1v) is 12.1. The molecule has 0 bridgehead atoms. The van der Waals surface area contributed by atoms with Crippen molar-refractivity contribution in [1.82, 2.24) is 9.38 Å². The number of aromatic hydroxyl groups is 1. The van der Waals surface area contributed by atoms with Gasteiger partial charge in [-0.05, 0) is 67.0 Å². The minimum Gasteiger partial charge on any atom is -0.507 e. The molecule has 6 rings (SSSR count). The van der Waals surface area contributed by atoms with Gasteiger partial charge < -0.3 is 5.11 Å². The Balaban J connectivity index is 1.88. The Morgan fingerprint density at radius 3 is 2.69 bits per heavy atom. The molecule has 5 nitrogen and oxygen atoms in total. The molecule has 158 valence electrons. The molecule has 32 heavy (non-hydrogen) atoms. The van der Waals surface area contributed by atoms with E-state index in [-0.39, 0.29) is 16.9 Å². The molecule has 0 saturated carbocycles. The van der Waals surface area contributed by atoms with Crippen LogP contribution in [-0.2, 0) is 12.8 Å². The summed E-state index contributed by atoms with van der Waals surface area (Å²) in [5.41, 5.74) is 1.49. The minimum atomic E-state index is -0.290. The van der Waals surface area contributed by atoms with Crippen molar-refractivity contribution in [2.45, 2.75) is 25.7 Å². The topological polar surface area (TPSA) is 71.7 Å². The van der Waals surface area contributed by atoms with E-state index >= 15 is 0 Å². The molecule has 0 saturated heterocycles. The largest absolute Gasteiger partial charge is 0.507 e. The van der Waals surface area contributed by atoms with Crippen molar-refractivity contribution < 1.29 is 5.11 Å². The third-order valence-electron chi connectivity index (χ3n) is 6.17. The highest BCUT2D eigenvalue weighted by atomic mass is 79.9.